The second kappa shape index (κ2) is 5.44. The van der Waals surface area contributed by atoms with Gasteiger partial charge in [0.25, 0.3) is 0 Å². The Balaban J connectivity index is 2.16. The lowest BCUT2D eigenvalue weighted by molar-refractivity contribution is 0.248. The van der Waals surface area contributed by atoms with Gasteiger partial charge in [0.05, 0.1) is 0 Å². The number of nitrogens with one attached hydrogen (secondary N) is 1. The van der Waals surface area contributed by atoms with Crippen molar-refractivity contribution >= 4 is 15.7 Å². The fourth-order valence-corrected chi connectivity index (χ4v) is 3.55. The number of nitrogens with zero attached hydrogens (tertiary/aromatic N) is 1. The molecule has 0 amide bonds. The molecule has 106 valence electrons. The highest BCUT2D eigenvalue weighted by atomic mass is 32.2. The lowest BCUT2D eigenvalue weighted by atomic mass is 10.1. The molecule has 19 heavy (non-hydrogen) atoms. The van der Waals surface area contributed by atoms with Crippen LogP contribution in [-0.4, -0.2) is 39.5 Å². The second-order valence-corrected chi connectivity index (χ2v) is 6.57. The first kappa shape index (κ1) is 14.2. The monoisotopic (exact) mass is 287 g/mol. The number of hydrogen-bond donors (Lipinski definition) is 2. The lowest BCUT2D eigenvalue weighted by Gasteiger charge is -2.29. The second-order valence-electron chi connectivity index (χ2n) is 4.89. The fraction of sp³-hybridized carbons (Fsp3) is 0.500. The summed E-state index contributed by atoms with van der Waals surface area (Å²) in [6, 6.07) is 3.40. The maximum absolute atomic E-state index is 13.6. The first-order chi connectivity index (χ1) is 8.88. The third-order valence-corrected chi connectivity index (χ3v) is 4.82. The molecule has 1 aliphatic rings. The van der Waals surface area contributed by atoms with Crippen molar-refractivity contribution in [3.05, 3.63) is 24.0 Å². The molecule has 3 N–H and O–H groups in total. The molecule has 1 aromatic carbocycles. The quantitative estimate of drug-likeness (QED) is 0.806. The van der Waals surface area contributed by atoms with Crippen LogP contribution in [0.25, 0.3) is 0 Å². The SMILES string of the molecule is CN1CCC(NS(=O)(=O)c2cc(N)ccc2F)CC1. The number of benzene rings is 1. The fourth-order valence-electron chi connectivity index (χ4n) is 2.14. The van der Waals surface area contributed by atoms with Crippen molar-refractivity contribution in [1.29, 1.82) is 0 Å². The first-order valence-corrected chi connectivity index (χ1v) is 7.63. The van der Waals surface area contributed by atoms with E-state index in [0.717, 1.165) is 38.1 Å². The largest absolute Gasteiger partial charge is 0.399 e. The Kier molecular flexibility index (Phi) is 4.07. The summed E-state index contributed by atoms with van der Waals surface area (Å²) in [7, 11) is -1.87. The van der Waals surface area contributed by atoms with E-state index in [1.165, 1.54) is 6.07 Å². The van der Waals surface area contributed by atoms with Gasteiger partial charge in [-0.25, -0.2) is 17.5 Å². The molecular formula is C12H18FN3O2S. The number of nitrogen functional groups attached to an aromatic ring is 1. The average Bonchev–Trinajstić information content (AvgIpc) is 2.35. The van der Waals surface area contributed by atoms with Crippen LogP contribution in [0.4, 0.5) is 10.1 Å². The van der Waals surface area contributed by atoms with E-state index in [9.17, 15) is 12.8 Å². The van der Waals surface area contributed by atoms with Gasteiger partial charge in [-0.05, 0) is 51.2 Å². The molecule has 1 aromatic rings. The van der Waals surface area contributed by atoms with E-state index in [0.29, 0.717) is 0 Å². The number of anilines is 1. The van der Waals surface area contributed by atoms with Crippen LogP contribution >= 0.6 is 0 Å². The maximum Gasteiger partial charge on any atom is 0.243 e. The molecule has 0 spiro atoms. The zero-order valence-electron chi connectivity index (χ0n) is 10.8. The van der Waals surface area contributed by atoms with Crippen molar-refractivity contribution in [1.82, 2.24) is 9.62 Å². The van der Waals surface area contributed by atoms with E-state index in [1.807, 2.05) is 7.05 Å². The Labute approximate surface area is 112 Å². The van der Waals surface area contributed by atoms with Gasteiger partial charge in [-0.3, -0.25) is 0 Å². The van der Waals surface area contributed by atoms with Crippen LogP contribution in [0, 0.1) is 5.82 Å². The van der Waals surface area contributed by atoms with Crippen LogP contribution in [0.3, 0.4) is 0 Å². The van der Waals surface area contributed by atoms with Gasteiger partial charge in [0, 0.05) is 11.7 Å². The lowest BCUT2D eigenvalue weighted by Crippen LogP contribution is -2.43. The number of sulfonamides is 1. The summed E-state index contributed by atoms with van der Waals surface area (Å²) >= 11 is 0. The minimum absolute atomic E-state index is 0.151. The summed E-state index contributed by atoms with van der Waals surface area (Å²) in [5, 5.41) is 0. The van der Waals surface area contributed by atoms with Crippen LogP contribution in [0.5, 0.6) is 0 Å². The number of likely N-dealkylation sites (tertiary alicyclic amines) is 1. The van der Waals surface area contributed by atoms with Gasteiger partial charge in [0.1, 0.15) is 10.7 Å². The van der Waals surface area contributed by atoms with Gasteiger partial charge >= 0.3 is 0 Å². The van der Waals surface area contributed by atoms with Crippen LogP contribution < -0.4 is 10.5 Å². The minimum Gasteiger partial charge on any atom is -0.399 e. The molecular weight excluding hydrogens is 269 g/mol. The topological polar surface area (TPSA) is 75.4 Å². The van der Waals surface area contributed by atoms with Gasteiger partial charge in [-0.1, -0.05) is 0 Å². The Hall–Kier alpha value is -1.18. The molecule has 0 atom stereocenters. The van der Waals surface area contributed by atoms with Crippen molar-refractivity contribution in [3.63, 3.8) is 0 Å². The van der Waals surface area contributed by atoms with E-state index in [4.69, 9.17) is 5.73 Å². The molecule has 0 aromatic heterocycles. The normalized spacial score (nSPS) is 18.6. The number of piperidine rings is 1. The molecule has 1 fully saturated rings. The van der Waals surface area contributed by atoms with Crippen molar-refractivity contribution in [2.45, 2.75) is 23.8 Å². The zero-order chi connectivity index (χ0) is 14.0. The Bertz CT molecular complexity index is 554. The Morgan fingerprint density at radius 2 is 2.00 bits per heavy atom. The summed E-state index contributed by atoms with van der Waals surface area (Å²) in [5.74, 6) is -0.783. The third-order valence-electron chi connectivity index (χ3n) is 3.29. The van der Waals surface area contributed by atoms with Crippen molar-refractivity contribution in [2.24, 2.45) is 0 Å². The van der Waals surface area contributed by atoms with Crippen molar-refractivity contribution in [3.8, 4) is 0 Å². The molecule has 2 rings (SSSR count). The highest BCUT2D eigenvalue weighted by molar-refractivity contribution is 7.89. The number of halogens is 1. The van der Waals surface area contributed by atoms with Gasteiger partial charge in [-0.15, -0.1) is 0 Å². The number of rotatable bonds is 3. The summed E-state index contributed by atoms with van der Waals surface area (Å²) in [6.45, 7) is 1.65. The van der Waals surface area contributed by atoms with E-state index in [2.05, 4.69) is 9.62 Å². The third kappa shape index (κ3) is 3.43. The molecule has 1 heterocycles. The van der Waals surface area contributed by atoms with Gasteiger partial charge in [0.15, 0.2) is 0 Å². The zero-order valence-corrected chi connectivity index (χ0v) is 11.6. The number of hydrogen-bond acceptors (Lipinski definition) is 4. The summed E-state index contributed by atoms with van der Waals surface area (Å²) in [4.78, 5) is 1.75. The van der Waals surface area contributed by atoms with E-state index >= 15 is 0 Å². The first-order valence-electron chi connectivity index (χ1n) is 6.14. The summed E-state index contributed by atoms with van der Waals surface area (Å²) in [6.07, 6.45) is 1.44. The Morgan fingerprint density at radius 3 is 2.63 bits per heavy atom. The van der Waals surface area contributed by atoms with Crippen LogP contribution in [0.1, 0.15) is 12.8 Å². The minimum atomic E-state index is -3.85. The molecule has 1 saturated heterocycles. The highest BCUT2D eigenvalue weighted by Crippen LogP contribution is 2.19. The van der Waals surface area contributed by atoms with E-state index in [-0.39, 0.29) is 16.6 Å². The van der Waals surface area contributed by atoms with Crippen LogP contribution in [-0.2, 0) is 10.0 Å². The molecule has 7 heteroatoms. The van der Waals surface area contributed by atoms with Gasteiger partial charge < -0.3 is 10.6 Å². The molecule has 1 aliphatic heterocycles. The Morgan fingerprint density at radius 1 is 1.37 bits per heavy atom. The van der Waals surface area contributed by atoms with Crippen molar-refractivity contribution in [2.75, 3.05) is 25.9 Å². The smallest absolute Gasteiger partial charge is 0.243 e. The van der Waals surface area contributed by atoms with Crippen LogP contribution in [0.15, 0.2) is 23.1 Å². The van der Waals surface area contributed by atoms with Gasteiger partial charge in [0.2, 0.25) is 10.0 Å². The molecule has 0 saturated carbocycles. The molecule has 0 radical (unpaired) electrons. The number of nitrogens with two attached hydrogens (primary N) is 1. The predicted molar refractivity (Wildman–Crippen MR) is 71.7 cm³/mol. The molecule has 0 unspecified atom stereocenters. The van der Waals surface area contributed by atoms with E-state index in [1.54, 1.807) is 0 Å². The standard InChI is InChI=1S/C12H18FN3O2S/c1-16-6-4-10(5-7-16)15-19(17,18)12-8-9(14)2-3-11(12)13/h2-3,8,10,15H,4-7,14H2,1H3. The average molecular weight is 287 g/mol. The molecule has 0 bridgehead atoms. The summed E-state index contributed by atoms with van der Waals surface area (Å²) in [5.41, 5.74) is 5.74. The van der Waals surface area contributed by atoms with Gasteiger partial charge in [-0.2, -0.15) is 0 Å². The predicted octanol–water partition coefficient (Wildman–Crippen LogP) is 0.780. The molecule has 5 nitrogen and oxygen atoms in total. The summed E-state index contributed by atoms with van der Waals surface area (Å²) < 4.78 is 40.4. The van der Waals surface area contributed by atoms with Crippen molar-refractivity contribution < 1.29 is 12.8 Å². The van der Waals surface area contributed by atoms with Crippen LogP contribution in [0.2, 0.25) is 0 Å². The van der Waals surface area contributed by atoms with E-state index < -0.39 is 15.8 Å². The maximum atomic E-state index is 13.6. The molecule has 0 aliphatic carbocycles. The highest BCUT2D eigenvalue weighted by Gasteiger charge is 2.25.